The molecule has 86 valence electrons. The molecule has 4 nitrogen and oxygen atoms in total. The minimum atomic E-state index is 0.123. The Morgan fingerprint density at radius 1 is 1.50 bits per heavy atom. The third-order valence-electron chi connectivity index (χ3n) is 1.66. The molecule has 5 heteroatoms. The summed E-state index contributed by atoms with van der Waals surface area (Å²) in [6.07, 6.45) is 1.75. The van der Waals surface area contributed by atoms with Gasteiger partial charge in [-0.1, -0.05) is 12.1 Å². The summed E-state index contributed by atoms with van der Waals surface area (Å²) in [4.78, 5) is 0. The summed E-state index contributed by atoms with van der Waals surface area (Å²) in [5.74, 6) is 0.783. The summed E-state index contributed by atoms with van der Waals surface area (Å²) in [5, 5.41) is 4.03. The van der Waals surface area contributed by atoms with Gasteiger partial charge in [0.25, 0.3) is 0 Å². The van der Waals surface area contributed by atoms with Gasteiger partial charge in [0.1, 0.15) is 5.75 Å². The lowest BCUT2D eigenvalue weighted by Gasteiger charge is -2.11. The van der Waals surface area contributed by atoms with Gasteiger partial charge >= 0.3 is 0 Å². The van der Waals surface area contributed by atoms with E-state index in [1.54, 1.807) is 6.21 Å². The van der Waals surface area contributed by atoms with Crippen LogP contribution >= 0.6 is 12.2 Å². The van der Waals surface area contributed by atoms with Crippen LogP contribution in [0.3, 0.4) is 0 Å². The molecule has 0 fully saturated rings. The van der Waals surface area contributed by atoms with Crippen molar-refractivity contribution in [2.75, 3.05) is 0 Å². The third-order valence-corrected chi connectivity index (χ3v) is 1.75. The Bertz CT molecular complexity index is 391. The smallest absolute Gasteiger partial charge is 0.184 e. The van der Waals surface area contributed by atoms with E-state index in [0.29, 0.717) is 0 Å². The van der Waals surface area contributed by atoms with Crippen molar-refractivity contribution in [2.45, 2.75) is 20.0 Å². The van der Waals surface area contributed by atoms with Crippen molar-refractivity contribution in [1.82, 2.24) is 5.43 Å². The molecule has 3 N–H and O–H groups in total. The summed E-state index contributed by atoms with van der Waals surface area (Å²) in [6.45, 7) is 3.95. The average molecular weight is 237 g/mol. The van der Waals surface area contributed by atoms with Crippen molar-refractivity contribution in [3.05, 3.63) is 29.8 Å². The first-order chi connectivity index (χ1) is 7.59. The van der Waals surface area contributed by atoms with E-state index in [-0.39, 0.29) is 11.2 Å². The average Bonchev–Trinajstić information content (AvgIpc) is 2.19. The number of nitrogens with two attached hydrogens (primary N) is 1. The van der Waals surface area contributed by atoms with E-state index in [0.717, 1.165) is 11.3 Å². The van der Waals surface area contributed by atoms with Crippen LogP contribution in [-0.4, -0.2) is 17.4 Å². The largest absolute Gasteiger partial charge is 0.490 e. The van der Waals surface area contributed by atoms with Crippen LogP contribution < -0.4 is 15.9 Å². The zero-order chi connectivity index (χ0) is 12.0. The number of rotatable bonds is 4. The van der Waals surface area contributed by atoms with Gasteiger partial charge in [0.05, 0.1) is 12.3 Å². The number of thiocarbonyl (C=S) groups is 1. The quantitative estimate of drug-likeness (QED) is 0.475. The minimum Gasteiger partial charge on any atom is -0.490 e. The Labute approximate surface area is 100 Å². The van der Waals surface area contributed by atoms with Crippen molar-refractivity contribution in [3.63, 3.8) is 0 Å². The molecule has 0 radical (unpaired) electrons. The lowest BCUT2D eigenvalue weighted by atomic mass is 10.2. The number of nitrogens with zero attached hydrogens (tertiary/aromatic N) is 1. The maximum absolute atomic E-state index is 5.62. The van der Waals surface area contributed by atoms with Gasteiger partial charge in [-0.25, -0.2) is 0 Å². The van der Waals surface area contributed by atoms with Gasteiger partial charge in [-0.3, -0.25) is 5.43 Å². The molecule has 0 bridgehead atoms. The van der Waals surface area contributed by atoms with Crippen LogP contribution in [0, 0.1) is 0 Å². The lowest BCUT2D eigenvalue weighted by Crippen LogP contribution is -2.24. The van der Waals surface area contributed by atoms with Crippen LogP contribution in [-0.2, 0) is 0 Å². The van der Waals surface area contributed by atoms with E-state index < -0.39 is 0 Å². The van der Waals surface area contributed by atoms with Gasteiger partial charge in [0.2, 0.25) is 0 Å². The Morgan fingerprint density at radius 3 is 2.81 bits per heavy atom. The molecule has 1 rings (SSSR count). The molecule has 0 heterocycles. The van der Waals surface area contributed by atoms with Crippen LogP contribution in [0.4, 0.5) is 0 Å². The van der Waals surface area contributed by atoms with Gasteiger partial charge < -0.3 is 10.5 Å². The molecule has 0 aliphatic rings. The molecule has 16 heavy (non-hydrogen) atoms. The van der Waals surface area contributed by atoms with Crippen molar-refractivity contribution in [1.29, 1.82) is 0 Å². The van der Waals surface area contributed by atoms with E-state index in [1.165, 1.54) is 0 Å². The summed E-state index contributed by atoms with van der Waals surface area (Å²) in [6, 6.07) is 7.62. The number of benzene rings is 1. The minimum absolute atomic E-state index is 0.123. The standard InChI is InChI=1S/C11H15N3OS/c1-8(2)15-10-6-4-3-5-9(10)7-13-14-11(12)16/h3-8H,1-2H3,(H3,12,14,16). The summed E-state index contributed by atoms with van der Waals surface area (Å²) >= 11 is 4.64. The van der Waals surface area contributed by atoms with E-state index in [9.17, 15) is 0 Å². The third kappa shape index (κ3) is 4.27. The normalized spacial score (nSPS) is 10.7. The van der Waals surface area contributed by atoms with Gasteiger partial charge in [-0.2, -0.15) is 5.10 Å². The number of ether oxygens (including phenoxy) is 1. The number of para-hydroxylation sites is 1. The molecule has 0 unspecified atom stereocenters. The van der Waals surface area contributed by atoms with Gasteiger partial charge in [-0.05, 0) is 38.2 Å². The highest BCUT2D eigenvalue weighted by molar-refractivity contribution is 7.80. The maximum Gasteiger partial charge on any atom is 0.184 e. The fourth-order valence-corrected chi connectivity index (χ4v) is 1.17. The molecule has 0 aliphatic heterocycles. The molecular weight excluding hydrogens is 222 g/mol. The van der Waals surface area contributed by atoms with Crippen molar-refractivity contribution >= 4 is 23.5 Å². The molecule has 1 aromatic rings. The van der Waals surface area contributed by atoms with Crippen molar-refractivity contribution < 1.29 is 4.74 Å². The van der Waals surface area contributed by atoms with Crippen LogP contribution in [0.2, 0.25) is 0 Å². The zero-order valence-corrected chi connectivity index (χ0v) is 10.1. The summed E-state index contributed by atoms with van der Waals surface area (Å²) in [7, 11) is 0. The molecular formula is C11H15N3OS. The number of hydrazone groups is 1. The first-order valence-corrected chi connectivity index (χ1v) is 5.34. The molecule has 0 aromatic heterocycles. The van der Waals surface area contributed by atoms with Gasteiger partial charge in [0, 0.05) is 5.56 Å². The van der Waals surface area contributed by atoms with E-state index in [1.807, 2.05) is 38.1 Å². The second-order valence-corrected chi connectivity index (χ2v) is 3.88. The van der Waals surface area contributed by atoms with Crippen LogP contribution in [0.15, 0.2) is 29.4 Å². The van der Waals surface area contributed by atoms with E-state index >= 15 is 0 Å². The van der Waals surface area contributed by atoms with E-state index in [4.69, 9.17) is 10.5 Å². The van der Waals surface area contributed by atoms with E-state index in [2.05, 4.69) is 22.7 Å². The first-order valence-electron chi connectivity index (χ1n) is 4.94. The molecule has 0 amide bonds. The number of hydrogen-bond acceptors (Lipinski definition) is 3. The SMILES string of the molecule is CC(C)Oc1ccccc1C=NNC(N)=S. The van der Waals surface area contributed by atoms with Gasteiger partial charge in [-0.15, -0.1) is 0 Å². The molecule has 0 saturated carbocycles. The van der Waals surface area contributed by atoms with Crippen LogP contribution in [0.1, 0.15) is 19.4 Å². The lowest BCUT2D eigenvalue weighted by molar-refractivity contribution is 0.242. The van der Waals surface area contributed by atoms with Crippen LogP contribution in [0.25, 0.3) is 0 Å². The Hall–Kier alpha value is -1.62. The molecule has 0 atom stereocenters. The predicted molar refractivity (Wildman–Crippen MR) is 69.7 cm³/mol. The summed E-state index contributed by atoms with van der Waals surface area (Å²) in [5.41, 5.74) is 8.62. The Morgan fingerprint density at radius 2 is 2.19 bits per heavy atom. The Balaban J connectivity index is 2.78. The second kappa shape index (κ2) is 6.07. The first kappa shape index (κ1) is 12.4. The molecule has 0 aliphatic carbocycles. The topological polar surface area (TPSA) is 59.6 Å². The number of hydrogen-bond donors (Lipinski definition) is 2. The fraction of sp³-hybridized carbons (Fsp3) is 0.273. The monoisotopic (exact) mass is 237 g/mol. The zero-order valence-electron chi connectivity index (χ0n) is 9.31. The fourth-order valence-electron chi connectivity index (χ4n) is 1.11. The molecule has 1 aromatic carbocycles. The number of nitrogens with one attached hydrogen (secondary N) is 1. The molecule has 0 spiro atoms. The van der Waals surface area contributed by atoms with Crippen molar-refractivity contribution in [2.24, 2.45) is 10.8 Å². The van der Waals surface area contributed by atoms with Gasteiger partial charge in [0.15, 0.2) is 5.11 Å². The summed E-state index contributed by atoms with van der Waals surface area (Å²) < 4.78 is 5.62. The predicted octanol–water partition coefficient (Wildman–Crippen LogP) is 1.64. The highest BCUT2D eigenvalue weighted by Crippen LogP contribution is 2.17. The Kier molecular flexibility index (Phi) is 4.72. The highest BCUT2D eigenvalue weighted by Gasteiger charge is 2.02. The molecule has 0 saturated heterocycles. The van der Waals surface area contributed by atoms with Crippen LogP contribution in [0.5, 0.6) is 5.75 Å². The van der Waals surface area contributed by atoms with Crippen molar-refractivity contribution in [3.8, 4) is 5.75 Å². The maximum atomic E-state index is 5.62. The highest BCUT2D eigenvalue weighted by atomic mass is 32.1. The second-order valence-electron chi connectivity index (χ2n) is 3.44.